The maximum absolute atomic E-state index is 12.8. The van der Waals surface area contributed by atoms with Crippen LogP contribution in [0.25, 0.3) is 16.7 Å². The number of hydrogen-bond acceptors (Lipinski definition) is 7. The van der Waals surface area contributed by atoms with Crippen molar-refractivity contribution in [1.82, 2.24) is 29.5 Å². The largest absolute Gasteiger partial charge is 0.355 e. The molecule has 3 heterocycles. The van der Waals surface area contributed by atoms with Crippen LogP contribution >= 0.6 is 23.1 Å². The third-order valence-electron chi connectivity index (χ3n) is 4.49. The molecule has 4 rings (SSSR count). The maximum Gasteiger partial charge on any atom is 0.263 e. The van der Waals surface area contributed by atoms with Gasteiger partial charge in [-0.05, 0) is 19.1 Å². The quantitative estimate of drug-likeness (QED) is 0.334. The van der Waals surface area contributed by atoms with Crippen LogP contribution in [0.5, 0.6) is 0 Å². The molecule has 0 bridgehead atoms. The van der Waals surface area contributed by atoms with E-state index in [1.807, 2.05) is 34.9 Å². The Morgan fingerprint density at radius 3 is 2.93 bits per heavy atom. The first kappa shape index (κ1) is 20.3. The van der Waals surface area contributed by atoms with Crippen LogP contribution < -0.4 is 10.9 Å². The third-order valence-corrected chi connectivity index (χ3v) is 6.24. The number of hydrogen-bond donors (Lipinski definition) is 1. The fraction of sp³-hybridized carbons (Fsp3) is 0.250. The zero-order valence-electron chi connectivity index (χ0n) is 16.4. The minimum Gasteiger partial charge on any atom is -0.355 e. The Morgan fingerprint density at radius 1 is 1.33 bits per heavy atom. The van der Waals surface area contributed by atoms with Gasteiger partial charge in [-0.15, -0.1) is 28.1 Å². The number of fused-ring (bicyclic) bond motifs is 3. The second kappa shape index (κ2) is 8.80. The molecule has 0 fully saturated rings. The van der Waals surface area contributed by atoms with Gasteiger partial charge in [-0.2, -0.15) is 0 Å². The standard InChI is InChI=1S/C20H20N6O2S2/c1-3-10-25-18(28)15-6-4-5-7-16(15)26-19(25)23-24-20(26)30-12-17(27)21-9-8-14-11-29-13(2)22-14/h3-7,11H,1,8-10,12H2,2H3,(H,21,27). The molecule has 0 radical (unpaired) electrons. The van der Waals surface area contributed by atoms with Gasteiger partial charge in [0.1, 0.15) is 0 Å². The van der Waals surface area contributed by atoms with E-state index in [2.05, 4.69) is 27.1 Å². The number of amides is 1. The molecular formula is C20H20N6O2S2. The number of benzene rings is 1. The third kappa shape index (κ3) is 4.01. The van der Waals surface area contributed by atoms with Crippen LogP contribution in [0.1, 0.15) is 10.7 Å². The van der Waals surface area contributed by atoms with Crippen molar-refractivity contribution in [2.45, 2.75) is 25.0 Å². The first-order valence-electron chi connectivity index (χ1n) is 9.36. The second-order valence-electron chi connectivity index (χ2n) is 6.59. The van der Waals surface area contributed by atoms with Gasteiger partial charge in [0.05, 0.1) is 27.4 Å². The Labute approximate surface area is 180 Å². The second-order valence-corrected chi connectivity index (χ2v) is 8.59. The topological polar surface area (TPSA) is 94.2 Å². The zero-order valence-corrected chi connectivity index (χ0v) is 18.0. The summed E-state index contributed by atoms with van der Waals surface area (Å²) >= 11 is 2.89. The first-order chi connectivity index (χ1) is 14.6. The number of carbonyl (C=O) groups excluding carboxylic acids is 1. The van der Waals surface area contributed by atoms with E-state index in [1.54, 1.807) is 23.5 Å². The summed E-state index contributed by atoms with van der Waals surface area (Å²) in [5, 5.41) is 15.5. The van der Waals surface area contributed by atoms with Gasteiger partial charge >= 0.3 is 0 Å². The number of aryl methyl sites for hydroxylation is 1. The van der Waals surface area contributed by atoms with E-state index in [9.17, 15) is 9.59 Å². The highest BCUT2D eigenvalue weighted by Crippen LogP contribution is 2.21. The van der Waals surface area contributed by atoms with Crippen molar-refractivity contribution in [2.75, 3.05) is 12.3 Å². The smallest absolute Gasteiger partial charge is 0.263 e. The van der Waals surface area contributed by atoms with Crippen LogP contribution in [0.3, 0.4) is 0 Å². The number of carbonyl (C=O) groups is 1. The van der Waals surface area contributed by atoms with E-state index >= 15 is 0 Å². The Bertz CT molecular complexity index is 1290. The lowest BCUT2D eigenvalue weighted by Gasteiger charge is -2.09. The molecule has 0 unspecified atom stereocenters. The van der Waals surface area contributed by atoms with Gasteiger partial charge in [0.2, 0.25) is 11.7 Å². The summed E-state index contributed by atoms with van der Waals surface area (Å²) in [6, 6.07) is 7.31. The number of aromatic nitrogens is 5. The molecule has 1 aromatic carbocycles. The number of allylic oxidation sites excluding steroid dienone is 1. The van der Waals surface area contributed by atoms with Crippen molar-refractivity contribution in [3.63, 3.8) is 0 Å². The van der Waals surface area contributed by atoms with Crippen LogP contribution in [0.2, 0.25) is 0 Å². The summed E-state index contributed by atoms with van der Waals surface area (Å²) in [6.45, 7) is 6.54. The predicted molar refractivity (Wildman–Crippen MR) is 119 cm³/mol. The van der Waals surface area contributed by atoms with Crippen molar-refractivity contribution < 1.29 is 4.79 Å². The van der Waals surface area contributed by atoms with Crippen LogP contribution in [0.4, 0.5) is 0 Å². The normalized spacial score (nSPS) is 11.2. The number of thiazole rings is 1. The monoisotopic (exact) mass is 440 g/mol. The Kier molecular flexibility index (Phi) is 5.96. The molecule has 0 saturated carbocycles. The Balaban J connectivity index is 1.52. The van der Waals surface area contributed by atoms with E-state index in [1.165, 1.54) is 16.3 Å². The van der Waals surface area contributed by atoms with Gasteiger partial charge in [0.15, 0.2) is 5.16 Å². The van der Waals surface area contributed by atoms with Gasteiger partial charge in [-0.3, -0.25) is 18.6 Å². The summed E-state index contributed by atoms with van der Waals surface area (Å²) < 4.78 is 3.35. The van der Waals surface area contributed by atoms with Crippen LogP contribution in [0.15, 0.2) is 52.3 Å². The maximum atomic E-state index is 12.8. The molecular weight excluding hydrogens is 420 g/mol. The number of para-hydroxylation sites is 1. The highest BCUT2D eigenvalue weighted by molar-refractivity contribution is 7.99. The van der Waals surface area contributed by atoms with Gasteiger partial charge in [0.25, 0.3) is 5.56 Å². The van der Waals surface area contributed by atoms with Gasteiger partial charge < -0.3 is 5.32 Å². The van der Waals surface area contributed by atoms with Crippen LogP contribution in [-0.2, 0) is 17.8 Å². The highest BCUT2D eigenvalue weighted by Gasteiger charge is 2.17. The summed E-state index contributed by atoms with van der Waals surface area (Å²) in [6.07, 6.45) is 2.35. The lowest BCUT2D eigenvalue weighted by molar-refractivity contribution is -0.118. The molecule has 0 atom stereocenters. The lowest BCUT2D eigenvalue weighted by Crippen LogP contribution is -2.27. The van der Waals surface area contributed by atoms with E-state index in [-0.39, 0.29) is 17.2 Å². The summed E-state index contributed by atoms with van der Waals surface area (Å²) in [7, 11) is 0. The van der Waals surface area contributed by atoms with E-state index in [0.717, 1.165) is 10.7 Å². The molecule has 1 N–H and O–H groups in total. The molecule has 0 aliphatic rings. The van der Waals surface area contributed by atoms with Crippen molar-refractivity contribution in [1.29, 1.82) is 0 Å². The average Bonchev–Trinajstić information content (AvgIpc) is 3.36. The van der Waals surface area contributed by atoms with Crippen molar-refractivity contribution in [3.05, 3.63) is 63.4 Å². The summed E-state index contributed by atoms with van der Waals surface area (Å²) in [5.41, 5.74) is 1.56. The van der Waals surface area contributed by atoms with Gasteiger partial charge in [0, 0.05) is 24.9 Å². The van der Waals surface area contributed by atoms with Crippen molar-refractivity contribution >= 4 is 45.7 Å². The van der Waals surface area contributed by atoms with E-state index < -0.39 is 0 Å². The summed E-state index contributed by atoms with van der Waals surface area (Å²) in [5.74, 6) is 0.541. The molecule has 0 spiro atoms. The molecule has 0 aliphatic heterocycles. The van der Waals surface area contributed by atoms with Crippen LogP contribution in [-0.4, -0.2) is 42.4 Å². The molecule has 154 valence electrons. The molecule has 0 saturated heterocycles. The Morgan fingerprint density at radius 2 is 2.17 bits per heavy atom. The highest BCUT2D eigenvalue weighted by atomic mass is 32.2. The SMILES string of the molecule is C=CCn1c(=O)c2ccccc2n2c(SCC(=O)NCCc3csc(C)n3)nnc12. The van der Waals surface area contributed by atoms with E-state index in [0.29, 0.717) is 41.3 Å². The van der Waals surface area contributed by atoms with Crippen molar-refractivity contribution in [2.24, 2.45) is 0 Å². The number of rotatable bonds is 8. The minimum absolute atomic E-state index is 0.0904. The molecule has 30 heavy (non-hydrogen) atoms. The summed E-state index contributed by atoms with van der Waals surface area (Å²) in [4.78, 5) is 29.5. The molecule has 4 aromatic rings. The average molecular weight is 441 g/mol. The van der Waals surface area contributed by atoms with Gasteiger partial charge in [-0.1, -0.05) is 30.0 Å². The fourth-order valence-electron chi connectivity index (χ4n) is 3.15. The molecule has 3 aromatic heterocycles. The van der Waals surface area contributed by atoms with E-state index in [4.69, 9.17) is 0 Å². The fourth-order valence-corrected chi connectivity index (χ4v) is 4.57. The molecule has 1 amide bonds. The molecule has 10 heteroatoms. The molecule has 8 nitrogen and oxygen atoms in total. The lowest BCUT2D eigenvalue weighted by atomic mass is 10.2. The molecule has 0 aliphatic carbocycles. The van der Waals surface area contributed by atoms with Gasteiger partial charge in [-0.25, -0.2) is 4.98 Å². The number of nitrogens with zero attached hydrogens (tertiary/aromatic N) is 5. The Hall–Kier alpha value is -2.98. The van der Waals surface area contributed by atoms with Crippen LogP contribution in [0, 0.1) is 6.92 Å². The first-order valence-corrected chi connectivity index (χ1v) is 11.2. The number of nitrogens with one attached hydrogen (secondary N) is 1. The van der Waals surface area contributed by atoms with Crippen molar-refractivity contribution in [3.8, 4) is 0 Å². The zero-order chi connectivity index (χ0) is 21.1. The predicted octanol–water partition coefficient (Wildman–Crippen LogP) is 2.45. The minimum atomic E-state index is -0.142. The number of thioether (sulfide) groups is 1.